The second kappa shape index (κ2) is 5.22. The van der Waals surface area contributed by atoms with E-state index in [1.165, 1.54) is 0 Å². The van der Waals surface area contributed by atoms with E-state index in [-0.39, 0.29) is 5.41 Å². The highest BCUT2D eigenvalue weighted by molar-refractivity contribution is 5.38. The van der Waals surface area contributed by atoms with Crippen molar-refractivity contribution in [2.24, 2.45) is 5.92 Å². The molecule has 0 fully saturated rings. The molecule has 2 heterocycles. The van der Waals surface area contributed by atoms with E-state index in [4.69, 9.17) is 10.3 Å². The van der Waals surface area contributed by atoms with Crippen LogP contribution in [0.4, 0.5) is 5.82 Å². The second-order valence-corrected chi connectivity index (χ2v) is 6.43. The molecular weight excluding hydrogens is 256 g/mol. The number of nitrogen functional groups attached to an aromatic ring is 1. The molecule has 0 aliphatic heterocycles. The summed E-state index contributed by atoms with van der Waals surface area (Å²) in [5.41, 5.74) is 6.62. The van der Waals surface area contributed by atoms with Gasteiger partial charge in [0.1, 0.15) is 6.54 Å². The highest BCUT2D eigenvalue weighted by Gasteiger charge is 2.25. The molecule has 0 saturated heterocycles. The van der Waals surface area contributed by atoms with Crippen LogP contribution in [0.2, 0.25) is 0 Å². The third kappa shape index (κ3) is 3.15. The molecular formula is C13H22N6O. The van der Waals surface area contributed by atoms with Crippen LogP contribution in [0.15, 0.2) is 4.52 Å². The third-order valence-electron chi connectivity index (χ3n) is 2.86. The first-order chi connectivity index (χ1) is 9.27. The Bertz CT molecular complexity index is 578. The second-order valence-electron chi connectivity index (χ2n) is 6.43. The lowest BCUT2D eigenvalue weighted by Gasteiger charge is -2.19. The largest absolute Gasteiger partial charge is 0.381 e. The molecule has 20 heavy (non-hydrogen) atoms. The average Bonchev–Trinajstić information content (AvgIpc) is 2.85. The Labute approximate surface area is 118 Å². The molecule has 2 N–H and O–H groups in total. The van der Waals surface area contributed by atoms with Crippen LogP contribution in [0.25, 0.3) is 0 Å². The number of anilines is 1. The molecule has 2 aromatic rings. The van der Waals surface area contributed by atoms with E-state index in [1.807, 2.05) is 0 Å². The Morgan fingerprint density at radius 1 is 1.30 bits per heavy atom. The Morgan fingerprint density at radius 3 is 2.60 bits per heavy atom. The predicted molar refractivity (Wildman–Crippen MR) is 75.1 cm³/mol. The van der Waals surface area contributed by atoms with Gasteiger partial charge < -0.3 is 10.3 Å². The van der Waals surface area contributed by atoms with Gasteiger partial charge in [0.25, 0.3) is 0 Å². The molecule has 0 aromatic carbocycles. The van der Waals surface area contributed by atoms with Crippen LogP contribution in [-0.4, -0.2) is 25.1 Å². The first-order valence-corrected chi connectivity index (χ1v) is 6.78. The molecule has 0 saturated carbocycles. The summed E-state index contributed by atoms with van der Waals surface area (Å²) in [6.45, 7) is 10.8. The summed E-state index contributed by atoms with van der Waals surface area (Å²) >= 11 is 0. The molecule has 0 amide bonds. The van der Waals surface area contributed by atoms with Crippen LogP contribution in [0.3, 0.4) is 0 Å². The summed E-state index contributed by atoms with van der Waals surface area (Å²) in [7, 11) is 0. The highest BCUT2D eigenvalue weighted by atomic mass is 16.5. The summed E-state index contributed by atoms with van der Waals surface area (Å²) in [4.78, 5) is 4.37. The predicted octanol–water partition coefficient (Wildman–Crippen LogP) is 1.79. The van der Waals surface area contributed by atoms with E-state index >= 15 is 0 Å². The molecule has 7 heteroatoms. The normalized spacial score (nSPS) is 12.3. The van der Waals surface area contributed by atoms with Gasteiger partial charge in [-0.1, -0.05) is 45.0 Å². The Balaban J connectivity index is 2.21. The van der Waals surface area contributed by atoms with Crippen molar-refractivity contribution in [3.63, 3.8) is 0 Å². The number of nitrogens with zero attached hydrogens (tertiary/aromatic N) is 5. The SMILES string of the molecule is CC(C)Cc1noc(Cn2nnc(N)c2C(C)(C)C)n1. The molecule has 0 atom stereocenters. The fourth-order valence-corrected chi connectivity index (χ4v) is 2.14. The van der Waals surface area contributed by atoms with Gasteiger partial charge in [0.05, 0.1) is 5.69 Å². The van der Waals surface area contributed by atoms with Crippen LogP contribution >= 0.6 is 0 Å². The monoisotopic (exact) mass is 278 g/mol. The maximum Gasteiger partial charge on any atom is 0.248 e. The first-order valence-electron chi connectivity index (χ1n) is 6.78. The maximum atomic E-state index is 5.89. The number of nitrogens with two attached hydrogens (primary N) is 1. The van der Waals surface area contributed by atoms with E-state index < -0.39 is 0 Å². The molecule has 0 radical (unpaired) electrons. The number of hydrogen-bond acceptors (Lipinski definition) is 6. The minimum Gasteiger partial charge on any atom is -0.381 e. The van der Waals surface area contributed by atoms with Gasteiger partial charge in [-0.2, -0.15) is 4.98 Å². The zero-order valence-corrected chi connectivity index (χ0v) is 12.7. The Morgan fingerprint density at radius 2 is 2.00 bits per heavy atom. The maximum absolute atomic E-state index is 5.89. The fourth-order valence-electron chi connectivity index (χ4n) is 2.14. The van der Waals surface area contributed by atoms with Gasteiger partial charge in [-0.3, -0.25) is 0 Å². The van der Waals surface area contributed by atoms with E-state index in [1.54, 1.807) is 4.68 Å². The number of aromatic nitrogens is 5. The lowest BCUT2D eigenvalue weighted by Crippen LogP contribution is -2.20. The van der Waals surface area contributed by atoms with Gasteiger partial charge in [0.2, 0.25) is 5.89 Å². The summed E-state index contributed by atoms with van der Waals surface area (Å²) in [5, 5.41) is 12.0. The minimum atomic E-state index is -0.144. The summed E-state index contributed by atoms with van der Waals surface area (Å²) in [5.74, 6) is 2.18. The first kappa shape index (κ1) is 14.5. The van der Waals surface area contributed by atoms with E-state index in [2.05, 4.69) is 55.1 Å². The van der Waals surface area contributed by atoms with Crippen molar-refractivity contribution in [3.8, 4) is 0 Å². The molecule has 0 spiro atoms. The topological polar surface area (TPSA) is 95.7 Å². The number of rotatable bonds is 4. The summed E-state index contributed by atoms with van der Waals surface area (Å²) < 4.78 is 6.98. The van der Waals surface area contributed by atoms with Crippen molar-refractivity contribution < 1.29 is 4.52 Å². The molecule has 0 aliphatic carbocycles. The van der Waals surface area contributed by atoms with Crippen molar-refractivity contribution in [1.29, 1.82) is 0 Å². The third-order valence-corrected chi connectivity index (χ3v) is 2.86. The molecule has 2 aromatic heterocycles. The van der Waals surface area contributed by atoms with E-state index in [0.717, 1.165) is 17.9 Å². The van der Waals surface area contributed by atoms with E-state index in [0.29, 0.717) is 24.2 Å². The zero-order valence-electron chi connectivity index (χ0n) is 12.7. The van der Waals surface area contributed by atoms with Crippen LogP contribution in [0.1, 0.15) is 52.0 Å². The van der Waals surface area contributed by atoms with Gasteiger partial charge in [0.15, 0.2) is 11.6 Å². The van der Waals surface area contributed by atoms with Gasteiger partial charge in [0, 0.05) is 11.8 Å². The summed E-state index contributed by atoms with van der Waals surface area (Å²) in [6.07, 6.45) is 0.801. The quantitative estimate of drug-likeness (QED) is 0.916. The fraction of sp³-hybridized carbons (Fsp3) is 0.692. The van der Waals surface area contributed by atoms with Crippen LogP contribution in [0.5, 0.6) is 0 Å². The van der Waals surface area contributed by atoms with E-state index in [9.17, 15) is 0 Å². The molecule has 0 unspecified atom stereocenters. The Hall–Kier alpha value is -1.92. The lowest BCUT2D eigenvalue weighted by molar-refractivity contribution is 0.352. The molecule has 2 rings (SSSR count). The van der Waals surface area contributed by atoms with Crippen molar-refractivity contribution in [3.05, 3.63) is 17.4 Å². The minimum absolute atomic E-state index is 0.144. The molecule has 0 bridgehead atoms. The smallest absolute Gasteiger partial charge is 0.248 e. The summed E-state index contributed by atoms with van der Waals surface area (Å²) in [6, 6.07) is 0. The molecule has 7 nitrogen and oxygen atoms in total. The van der Waals surface area contributed by atoms with Gasteiger partial charge in [-0.15, -0.1) is 5.10 Å². The van der Waals surface area contributed by atoms with Crippen LogP contribution < -0.4 is 5.73 Å². The van der Waals surface area contributed by atoms with Gasteiger partial charge in [-0.25, -0.2) is 4.68 Å². The van der Waals surface area contributed by atoms with Crippen molar-refractivity contribution in [2.75, 3.05) is 5.73 Å². The standard InChI is InChI=1S/C13H22N6O/c1-8(2)6-9-15-10(20-17-9)7-19-11(13(3,4)5)12(14)16-18-19/h8H,6-7,14H2,1-5H3. The van der Waals surface area contributed by atoms with Crippen molar-refractivity contribution in [1.82, 2.24) is 25.1 Å². The van der Waals surface area contributed by atoms with Gasteiger partial charge >= 0.3 is 0 Å². The highest BCUT2D eigenvalue weighted by Crippen LogP contribution is 2.26. The van der Waals surface area contributed by atoms with Crippen LogP contribution in [-0.2, 0) is 18.4 Å². The van der Waals surface area contributed by atoms with Gasteiger partial charge in [-0.05, 0) is 5.92 Å². The van der Waals surface area contributed by atoms with Crippen molar-refractivity contribution >= 4 is 5.82 Å². The lowest BCUT2D eigenvalue weighted by atomic mass is 9.92. The molecule has 110 valence electrons. The average molecular weight is 278 g/mol. The Kier molecular flexibility index (Phi) is 3.78. The molecule has 0 aliphatic rings. The van der Waals surface area contributed by atoms with Crippen molar-refractivity contribution in [2.45, 2.75) is 53.0 Å². The number of hydrogen-bond donors (Lipinski definition) is 1. The van der Waals surface area contributed by atoms with Crippen LogP contribution in [0, 0.1) is 5.92 Å². The zero-order chi connectivity index (χ0) is 14.9.